The number of hydrogen-bond acceptors (Lipinski definition) is 2. The molecule has 2 aliphatic carbocycles. The molecule has 0 spiro atoms. The number of fused-ring (bicyclic) bond motifs is 8. The minimum Gasteiger partial charge on any atom is -0.310 e. The molecule has 0 aromatic heterocycles. The highest BCUT2D eigenvalue weighted by Gasteiger charge is 2.38. The van der Waals surface area contributed by atoms with E-state index < -0.39 is 0 Å². The first-order chi connectivity index (χ1) is 40.8. The average Bonchev–Trinajstić information content (AvgIpc) is 1.85. The van der Waals surface area contributed by atoms with Crippen molar-refractivity contribution in [1.82, 2.24) is 0 Å². The molecule has 2 heteroatoms. The van der Waals surface area contributed by atoms with Gasteiger partial charge in [-0.3, -0.25) is 0 Å². The van der Waals surface area contributed by atoms with Gasteiger partial charge in [-0.2, -0.15) is 0 Å². The first-order valence-corrected chi connectivity index (χ1v) is 29.7. The summed E-state index contributed by atoms with van der Waals surface area (Å²) in [4.78, 5) is 4.78. The maximum absolute atomic E-state index is 2.42. The van der Waals surface area contributed by atoms with Crippen LogP contribution in [0.2, 0.25) is 0 Å². The summed E-state index contributed by atoms with van der Waals surface area (Å²) in [6.07, 6.45) is 9.27. The molecule has 0 amide bonds. The normalized spacial score (nSPS) is 13.8. The largest absolute Gasteiger partial charge is 0.310 e. The minimum absolute atomic E-state index is 0.187. The van der Waals surface area contributed by atoms with Crippen molar-refractivity contribution in [3.63, 3.8) is 0 Å². The Kier molecular flexibility index (Phi) is 11.8. The fourth-order valence-corrected chi connectivity index (χ4v) is 14.1. The van der Waals surface area contributed by atoms with E-state index >= 15 is 0 Å². The Morgan fingerprint density at radius 3 is 0.893 bits per heavy atom. The monoisotopic (exact) mass is 1080 g/mol. The van der Waals surface area contributed by atoms with E-state index in [1.54, 1.807) is 0 Å². The molecule has 0 aliphatic heterocycles. The highest BCUT2D eigenvalue weighted by atomic mass is 15.1. The molecular formula is C82H66N2. The fraction of sp³-hybridized carbons (Fsp3) is 0.122. The highest BCUT2D eigenvalue weighted by molar-refractivity contribution is 6.34. The van der Waals surface area contributed by atoms with Crippen LogP contribution in [0.1, 0.15) is 94.5 Å². The number of aryl methyl sites for hydroxylation is 4. The van der Waals surface area contributed by atoms with Crippen molar-refractivity contribution >= 4 is 102 Å². The van der Waals surface area contributed by atoms with E-state index in [1.807, 2.05) is 0 Å². The van der Waals surface area contributed by atoms with Crippen LogP contribution in [0.5, 0.6) is 0 Å². The molecule has 404 valence electrons. The molecule has 0 saturated carbocycles. The van der Waals surface area contributed by atoms with Gasteiger partial charge in [0.25, 0.3) is 0 Å². The van der Waals surface area contributed by atoms with E-state index in [1.165, 1.54) is 143 Å². The van der Waals surface area contributed by atoms with Crippen molar-refractivity contribution in [2.75, 3.05) is 9.80 Å². The first kappa shape index (κ1) is 51.1. The van der Waals surface area contributed by atoms with Crippen molar-refractivity contribution in [3.05, 3.63) is 297 Å². The zero-order valence-electron chi connectivity index (χ0n) is 49.1. The molecule has 84 heavy (non-hydrogen) atoms. The molecule has 0 saturated heterocycles. The maximum atomic E-state index is 2.42. The number of benzene rings is 13. The van der Waals surface area contributed by atoms with Crippen molar-refractivity contribution < 1.29 is 0 Å². The van der Waals surface area contributed by atoms with Gasteiger partial charge in [-0.1, -0.05) is 232 Å². The van der Waals surface area contributed by atoms with Gasteiger partial charge in [0, 0.05) is 45.0 Å². The number of anilines is 6. The zero-order valence-corrected chi connectivity index (χ0v) is 49.1. The molecule has 2 aliphatic rings. The Morgan fingerprint density at radius 1 is 0.262 bits per heavy atom. The third kappa shape index (κ3) is 8.29. The van der Waals surface area contributed by atoms with E-state index in [9.17, 15) is 0 Å². The second kappa shape index (κ2) is 19.4. The summed E-state index contributed by atoms with van der Waals surface area (Å²) >= 11 is 0. The summed E-state index contributed by atoms with van der Waals surface area (Å²) in [7, 11) is 0. The van der Waals surface area contributed by atoms with E-state index in [2.05, 4.69) is 320 Å². The predicted molar refractivity (Wildman–Crippen MR) is 362 cm³/mol. The molecule has 0 atom stereocenters. The molecule has 0 radical (unpaired) electrons. The number of rotatable bonds is 10. The minimum atomic E-state index is -0.187. The summed E-state index contributed by atoms with van der Waals surface area (Å²) in [6.45, 7) is 18.1. The summed E-state index contributed by atoms with van der Waals surface area (Å²) in [6, 6.07) is 86.8. The number of hydrogen-bond donors (Lipinski definition) is 0. The summed E-state index contributed by atoms with van der Waals surface area (Å²) in [5.41, 5.74) is 27.1. The third-order valence-electron chi connectivity index (χ3n) is 18.7. The summed E-state index contributed by atoms with van der Waals surface area (Å²) in [5.74, 6) is 0. The quantitative estimate of drug-likeness (QED) is 0.0765. The van der Waals surface area contributed by atoms with Gasteiger partial charge in [0.2, 0.25) is 0 Å². The fourth-order valence-electron chi connectivity index (χ4n) is 14.1. The maximum Gasteiger partial charge on any atom is 0.0465 e. The molecule has 0 N–H and O–H groups in total. The van der Waals surface area contributed by atoms with Crippen LogP contribution in [-0.4, -0.2) is 0 Å². The van der Waals surface area contributed by atoms with Gasteiger partial charge in [-0.05, 0) is 210 Å². The van der Waals surface area contributed by atoms with Gasteiger partial charge >= 0.3 is 0 Å². The van der Waals surface area contributed by atoms with Gasteiger partial charge in [0.05, 0.1) is 0 Å². The van der Waals surface area contributed by atoms with Crippen LogP contribution in [0.25, 0.3) is 89.6 Å². The van der Waals surface area contributed by atoms with Crippen LogP contribution in [0.4, 0.5) is 34.1 Å². The Hall–Kier alpha value is -9.76. The van der Waals surface area contributed by atoms with Crippen molar-refractivity contribution in [2.45, 2.75) is 66.2 Å². The molecule has 2 nitrogen and oxygen atoms in total. The zero-order chi connectivity index (χ0) is 57.2. The third-order valence-corrected chi connectivity index (χ3v) is 18.7. The Labute approximate surface area is 494 Å². The highest BCUT2D eigenvalue weighted by Crippen LogP contribution is 2.53. The van der Waals surface area contributed by atoms with Crippen LogP contribution < -0.4 is 9.80 Å². The van der Waals surface area contributed by atoms with Gasteiger partial charge < -0.3 is 9.80 Å². The van der Waals surface area contributed by atoms with Crippen LogP contribution in [-0.2, 0) is 10.8 Å². The molecule has 0 heterocycles. The molecule has 15 rings (SSSR count). The van der Waals surface area contributed by atoms with E-state index in [-0.39, 0.29) is 10.8 Å². The van der Waals surface area contributed by atoms with Gasteiger partial charge in [0.15, 0.2) is 0 Å². The lowest BCUT2D eigenvalue weighted by atomic mass is 9.81. The summed E-state index contributed by atoms with van der Waals surface area (Å²) < 4.78 is 0. The van der Waals surface area contributed by atoms with Gasteiger partial charge in [-0.15, -0.1) is 0 Å². The second-order valence-corrected chi connectivity index (χ2v) is 24.9. The van der Waals surface area contributed by atoms with E-state index in [4.69, 9.17) is 0 Å². The lowest BCUT2D eigenvalue weighted by molar-refractivity contribution is 0.660. The number of nitrogens with zero attached hydrogens (tertiary/aromatic N) is 2. The second-order valence-electron chi connectivity index (χ2n) is 24.9. The first-order valence-electron chi connectivity index (χ1n) is 29.7. The summed E-state index contributed by atoms with van der Waals surface area (Å²) in [5, 5.41) is 10.4. The average molecular weight is 1080 g/mol. The van der Waals surface area contributed by atoms with Crippen molar-refractivity contribution in [2.24, 2.45) is 0 Å². The van der Waals surface area contributed by atoms with E-state index in [0.717, 1.165) is 22.7 Å². The molecule has 0 fully saturated rings. The van der Waals surface area contributed by atoms with Crippen LogP contribution in [0.3, 0.4) is 0 Å². The molecule has 13 aromatic carbocycles. The molecule has 0 bridgehead atoms. The van der Waals surface area contributed by atoms with E-state index in [0.29, 0.717) is 0 Å². The van der Waals surface area contributed by atoms with Crippen molar-refractivity contribution in [3.8, 4) is 22.3 Å². The topological polar surface area (TPSA) is 6.48 Å². The van der Waals surface area contributed by atoms with Crippen molar-refractivity contribution in [1.29, 1.82) is 0 Å². The standard InChI is InChI=1S/C82H66N2/c1-51-15-31-59(32-16-51)83(60-33-17-52(2)18-34-60)63-39-45-69-67-41-25-55(47-75(67)81(5,6)77(69)49-63)23-27-57-29-43-73-72-14-10-12-66-58(30-44-74(80(66)72)71-13-9-11-65(57)79(71)73)28-24-56-26-42-68-70-46-40-64(50-78(70)82(7,8)76(68)48-56)84(61-35-19-53(3)20-36-61)62-37-21-54(4)22-38-62/h9-50H,1-8H3/b27-23+,28-24+. The van der Waals surface area contributed by atoms with Crippen LogP contribution in [0.15, 0.2) is 231 Å². The Balaban J connectivity index is 0.723. The van der Waals surface area contributed by atoms with Crippen LogP contribution in [0, 0.1) is 27.7 Å². The SMILES string of the molecule is Cc1ccc(N(c2ccc(C)cc2)c2ccc3c(c2)C(C)(C)c2cc(/C=C/c4ccc5c6cccc7c(/C=C/c8ccc9c(c8)C(C)(C)c8cc(N(c%10ccc(C)cc%10)c%10ccc(C)cc%10)ccc8-9)ccc(c8cccc4c85)c76)ccc2-3)cc1. The van der Waals surface area contributed by atoms with Crippen LogP contribution >= 0.6 is 0 Å². The lowest BCUT2D eigenvalue weighted by Gasteiger charge is -2.28. The Morgan fingerprint density at radius 2 is 0.548 bits per heavy atom. The molecular weight excluding hydrogens is 1010 g/mol. The van der Waals surface area contributed by atoms with Gasteiger partial charge in [-0.25, -0.2) is 0 Å². The predicted octanol–water partition coefficient (Wildman–Crippen LogP) is 22.9. The molecule has 0 unspecified atom stereocenters. The van der Waals surface area contributed by atoms with Gasteiger partial charge in [0.1, 0.15) is 0 Å². The lowest BCUT2D eigenvalue weighted by Crippen LogP contribution is -2.16. The molecule has 13 aromatic rings. The smallest absolute Gasteiger partial charge is 0.0465 e. The Bertz CT molecular complexity index is 4420.